The molecule has 0 heterocycles. The van der Waals surface area contributed by atoms with Gasteiger partial charge in [0.05, 0.1) is 12.1 Å². The quantitative estimate of drug-likeness (QED) is 0.911. The molecule has 0 aliphatic rings. The fraction of sp³-hybridized carbons (Fsp3) is 0.200. The molecular formula is C15H16ClF2NO. The van der Waals surface area contributed by atoms with Crippen molar-refractivity contribution >= 4 is 12.4 Å². The van der Waals surface area contributed by atoms with Gasteiger partial charge < -0.3 is 10.8 Å². The third-order valence-corrected chi connectivity index (χ3v) is 3.02. The normalized spacial score (nSPS) is 13.4. The topological polar surface area (TPSA) is 46.2 Å². The van der Waals surface area contributed by atoms with Crippen LogP contribution in [0.4, 0.5) is 8.78 Å². The summed E-state index contributed by atoms with van der Waals surface area (Å²) in [7, 11) is 0. The van der Waals surface area contributed by atoms with Crippen molar-refractivity contribution < 1.29 is 13.9 Å². The molecule has 2 aromatic carbocycles. The summed E-state index contributed by atoms with van der Waals surface area (Å²) in [4.78, 5) is 0. The number of rotatable bonds is 4. The molecule has 2 nitrogen and oxygen atoms in total. The van der Waals surface area contributed by atoms with E-state index >= 15 is 0 Å². The van der Waals surface area contributed by atoms with Crippen LogP contribution >= 0.6 is 12.4 Å². The smallest absolute Gasteiger partial charge is 0.130 e. The standard InChI is InChI=1S/C15H15F2NO.ClH/c16-11-6-7-12(13(17)9-11)15(18)14(19)8-10-4-2-1-3-5-10;/h1-7,9,14-15,19H,8,18H2;1H/t14-,15+;/m0./s1. The van der Waals surface area contributed by atoms with Crippen LogP contribution in [0.15, 0.2) is 48.5 Å². The van der Waals surface area contributed by atoms with E-state index in [9.17, 15) is 13.9 Å². The third-order valence-electron chi connectivity index (χ3n) is 3.02. The molecule has 0 fully saturated rings. The molecule has 108 valence electrons. The average Bonchev–Trinajstić information content (AvgIpc) is 2.39. The molecule has 5 heteroatoms. The van der Waals surface area contributed by atoms with Crippen LogP contribution in [0, 0.1) is 11.6 Å². The highest BCUT2D eigenvalue weighted by Gasteiger charge is 2.20. The van der Waals surface area contributed by atoms with Crippen molar-refractivity contribution in [2.45, 2.75) is 18.6 Å². The number of benzene rings is 2. The van der Waals surface area contributed by atoms with Crippen LogP contribution in [0.25, 0.3) is 0 Å². The van der Waals surface area contributed by atoms with Gasteiger partial charge in [-0.25, -0.2) is 8.78 Å². The molecule has 2 atom stereocenters. The molecule has 0 radical (unpaired) electrons. The lowest BCUT2D eigenvalue weighted by molar-refractivity contribution is 0.143. The van der Waals surface area contributed by atoms with E-state index in [1.807, 2.05) is 30.3 Å². The highest BCUT2D eigenvalue weighted by atomic mass is 35.5. The summed E-state index contributed by atoms with van der Waals surface area (Å²) in [5, 5.41) is 10.0. The van der Waals surface area contributed by atoms with Crippen molar-refractivity contribution in [2.24, 2.45) is 5.73 Å². The van der Waals surface area contributed by atoms with Crippen molar-refractivity contribution in [3.8, 4) is 0 Å². The van der Waals surface area contributed by atoms with Crippen LogP contribution in [-0.2, 0) is 6.42 Å². The van der Waals surface area contributed by atoms with Crippen molar-refractivity contribution in [3.63, 3.8) is 0 Å². The van der Waals surface area contributed by atoms with Gasteiger partial charge in [0, 0.05) is 18.1 Å². The second-order valence-corrected chi connectivity index (χ2v) is 4.45. The maximum Gasteiger partial charge on any atom is 0.130 e. The molecule has 0 saturated heterocycles. The number of hydrogen-bond acceptors (Lipinski definition) is 2. The van der Waals surface area contributed by atoms with Crippen LogP contribution in [-0.4, -0.2) is 11.2 Å². The fourth-order valence-corrected chi connectivity index (χ4v) is 1.96. The highest BCUT2D eigenvalue weighted by molar-refractivity contribution is 5.85. The minimum absolute atomic E-state index is 0. The van der Waals surface area contributed by atoms with E-state index in [1.165, 1.54) is 6.07 Å². The molecule has 2 aromatic rings. The van der Waals surface area contributed by atoms with Gasteiger partial charge >= 0.3 is 0 Å². The Morgan fingerprint density at radius 1 is 1.05 bits per heavy atom. The summed E-state index contributed by atoms with van der Waals surface area (Å²) in [5.74, 6) is -1.40. The van der Waals surface area contributed by atoms with Gasteiger partial charge in [0.25, 0.3) is 0 Å². The van der Waals surface area contributed by atoms with Crippen LogP contribution in [0.1, 0.15) is 17.2 Å². The number of hydrogen-bond donors (Lipinski definition) is 2. The van der Waals surface area contributed by atoms with Crippen molar-refractivity contribution in [3.05, 3.63) is 71.3 Å². The first-order valence-electron chi connectivity index (χ1n) is 6.00. The van der Waals surface area contributed by atoms with E-state index in [0.717, 1.165) is 17.7 Å². The van der Waals surface area contributed by atoms with E-state index in [1.54, 1.807) is 0 Å². The molecular weight excluding hydrogens is 284 g/mol. The molecule has 0 unspecified atom stereocenters. The second kappa shape index (κ2) is 7.33. The van der Waals surface area contributed by atoms with Gasteiger partial charge in [0.1, 0.15) is 11.6 Å². The molecule has 20 heavy (non-hydrogen) atoms. The van der Waals surface area contributed by atoms with Crippen molar-refractivity contribution in [1.29, 1.82) is 0 Å². The monoisotopic (exact) mass is 299 g/mol. The Morgan fingerprint density at radius 2 is 1.70 bits per heavy atom. The average molecular weight is 300 g/mol. The van der Waals surface area contributed by atoms with Gasteiger partial charge in [-0.3, -0.25) is 0 Å². The maximum atomic E-state index is 13.6. The molecule has 0 amide bonds. The van der Waals surface area contributed by atoms with Gasteiger partial charge in [0.15, 0.2) is 0 Å². The Hall–Kier alpha value is -1.49. The van der Waals surface area contributed by atoms with Crippen LogP contribution < -0.4 is 5.73 Å². The van der Waals surface area contributed by atoms with Gasteiger partial charge in [-0.1, -0.05) is 36.4 Å². The molecule has 3 N–H and O–H groups in total. The number of aliphatic hydroxyl groups is 1. The minimum Gasteiger partial charge on any atom is -0.391 e. The van der Waals surface area contributed by atoms with Gasteiger partial charge in [-0.05, 0) is 11.6 Å². The summed E-state index contributed by atoms with van der Waals surface area (Å²) in [6.45, 7) is 0. The van der Waals surface area contributed by atoms with E-state index in [4.69, 9.17) is 5.73 Å². The Morgan fingerprint density at radius 3 is 2.30 bits per heavy atom. The van der Waals surface area contributed by atoms with Gasteiger partial charge in [0.2, 0.25) is 0 Å². The van der Waals surface area contributed by atoms with E-state index in [0.29, 0.717) is 6.42 Å². The predicted octanol–water partition coefficient (Wildman–Crippen LogP) is 2.99. The first-order chi connectivity index (χ1) is 9.08. The van der Waals surface area contributed by atoms with Crippen LogP contribution in [0.3, 0.4) is 0 Å². The minimum atomic E-state index is -0.928. The third kappa shape index (κ3) is 4.00. The maximum absolute atomic E-state index is 13.6. The number of nitrogens with two attached hydrogens (primary N) is 1. The Balaban J connectivity index is 0.00000200. The summed E-state index contributed by atoms with van der Waals surface area (Å²) < 4.78 is 26.4. The highest BCUT2D eigenvalue weighted by Crippen LogP contribution is 2.21. The van der Waals surface area contributed by atoms with Crippen LogP contribution in [0.2, 0.25) is 0 Å². The molecule has 0 aliphatic heterocycles. The largest absolute Gasteiger partial charge is 0.391 e. The number of aliphatic hydroxyl groups excluding tert-OH is 1. The van der Waals surface area contributed by atoms with E-state index in [2.05, 4.69) is 0 Å². The zero-order chi connectivity index (χ0) is 13.8. The summed E-state index contributed by atoms with van der Waals surface area (Å²) >= 11 is 0. The van der Waals surface area contributed by atoms with Crippen LogP contribution in [0.5, 0.6) is 0 Å². The van der Waals surface area contributed by atoms with Crippen molar-refractivity contribution in [1.82, 2.24) is 0 Å². The predicted molar refractivity (Wildman–Crippen MR) is 76.7 cm³/mol. The fourth-order valence-electron chi connectivity index (χ4n) is 1.96. The Bertz CT molecular complexity index is 551. The number of halogens is 3. The summed E-state index contributed by atoms with van der Waals surface area (Å²) in [5.41, 5.74) is 6.85. The van der Waals surface area contributed by atoms with Crippen molar-refractivity contribution in [2.75, 3.05) is 0 Å². The Labute approximate surface area is 122 Å². The van der Waals surface area contributed by atoms with Gasteiger partial charge in [-0.15, -0.1) is 12.4 Å². The van der Waals surface area contributed by atoms with Gasteiger partial charge in [-0.2, -0.15) is 0 Å². The molecule has 0 bridgehead atoms. The molecule has 0 aromatic heterocycles. The first-order valence-corrected chi connectivity index (χ1v) is 6.00. The van der Waals surface area contributed by atoms with E-state index < -0.39 is 23.8 Å². The SMILES string of the molecule is Cl.N[C@H](c1ccc(F)cc1F)[C@@H](O)Cc1ccccc1. The lowest BCUT2D eigenvalue weighted by Gasteiger charge is -2.19. The second-order valence-electron chi connectivity index (χ2n) is 4.45. The lowest BCUT2D eigenvalue weighted by atomic mass is 9.96. The zero-order valence-electron chi connectivity index (χ0n) is 10.7. The molecule has 0 aliphatic carbocycles. The Kier molecular flexibility index (Phi) is 6.07. The summed E-state index contributed by atoms with van der Waals surface area (Å²) in [6.07, 6.45) is -0.610. The molecule has 0 spiro atoms. The summed E-state index contributed by atoms with van der Waals surface area (Å²) in [6, 6.07) is 11.6. The lowest BCUT2D eigenvalue weighted by Crippen LogP contribution is -2.29. The zero-order valence-corrected chi connectivity index (χ0v) is 11.5. The van der Waals surface area contributed by atoms with E-state index in [-0.39, 0.29) is 18.0 Å². The molecule has 0 saturated carbocycles. The first kappa shape index (κ1) is 16.6. The molecule has 2 rings (SSSR count).